The van der Waals surface area contributed by atoms with Crippen molar-refractivity contribution in [3.05, 3.63) is 40.3 Å². The van der Waals surface area contributed by atoms with E-state index in [1.807, 2.05) is 0 Å². The number of aromatic nitrogens is 2. The molecule has 2 aromatic rings. The van der Waals surface area contributed by atoms with Crippen molar-refractivity contribution in [1.29, 1.82) is 0 Å². The van der Waals surface area contributed by atoms with Crippen LogP contribution in [0, 0.1) is 10.1 Å². The molecule has 1 aromatic heterocycles. The van der Waals surface area contributed by atoms with E-state index in [4.69, 9.17) is 4.52 Å². The molecule has 0 saturated carbocycles. The van der Waals surface area contributed by atoms with E-state index in [0.717, 1.165) is 0 Å². The molecule has 1 aromatic carbocycles. The molecule has 1 heterocycles. The minimum atomic E-state index is -0.866. The lowest BCUT2D eigenvalue weighted by Gasteiger charge is -1.94. The van der Waals surface area contributed by atoms with Crippen LogP contribution < -0.4 is 0 Å². The number of aliphatic hydroxyl groups is 1. The third-order valence-corrected chi connectivity index (χ3v) is 2.11. The fourth-order valence-corrected chi connectivity index (χ4v) is 1.28. The number of rotatable bonds is 3. The van der Waals surface area contributed by atoms with Crippen LogP contribution in [-0.4, -0.2) is 20.2 Å². The average Bonchev–Trinajstić information content (AvgIpc) is 2.78. The van der Waals surface area contributed by atoms with E-state index in [1.54, 1.807) is 6.07 Å². The van der Waals surface area contributed by atoms with Gasteiger partial charge in [-0.05, 0) is 6.92 Å². The van der Waals surface area contributed by atoms with E-state index in [1.165, 1.54) is 25.1 Å². The summed E-state index contributed by atoms with van der Waals surface area (Å²) >= 11 is 0. The number of nitro groups is 1. The Kier molecular flexibility index (Phi) is 2.84. The van der Waals surface area contributed by atoms with Crippen molar-refractivity contribution in [3.8, 4) is 11.4 Å². The van der Waals surface area contributed by atoms with E-state index < -0.39 is 11.0 Å². The highest BCUT2D eigenvalue weighted by atomic mass is 16.6. The van der Waals surface area contributed by atoms with E-state index in [0.29, 0.717) is 5.56 Å². The summed E-state index contributed by atoms with van der Waals surface area (Å²) in [6.45, 7) is 1.49. The van der Waals surface area contributed by atoms with Crippen molar-refractivity contribution >= 4 is 5.69 Å². The van der Waals surface area contributed by atoms with Crippen molar-refractivity contribution in [3.63, 3.8) is 0 Å². The number of nitrogens with zero attached hydrogens (tertiary/aromatic N) is 3. The molecule has 0 spiro atoms. The third kappa shape index (κ3) is 2.28. The third-order valence-electron chi connectivity index (χ3n) is 2.11. The van der Waals surface area contributed by atoms with Crippen molar-refractivity contribution in [1.82, 2.24) is 10.1 Å². The summed E-state index contributed by atoms with van der Waals surface area (Å²) in [5.74, 6) is 0.288. The second kappa shape index (κ2) is 4.30. The largest absolute Gasteiger partial charge is 0.384 e. The van der Waals surface area contributed by atoms with Gasteiger partial charge in [0.25, 0.3) is 11.6 Å². The van der Waals surface area contributed by atoms with Crippen LogP contribution in [0.1, 0.15) is 18.9 Å². The topological polar surface area (TPSA) is 102 Å². The first-order valence-corrected chi connectivity index (χ1v) is 4.84. The van der Waals surface area contributed by atoms with Crippen LogP contribution in [0.3, 0.4) is 0 Å². The molecule has 1 atom stereocenters. The monoisotopic (exact) mass is 235 g/mol. The van der Waals surface area contributed by atoms with Crippen LogP contribution in [0.15, 0.2) is 28.8 Å². The van der Waals surface area contributed by atoms with Gasteiger partial charge in [0.05, 0.1) is 4.92 Å². The smallest absolute Gasteiger partial charge is 0.270 e. The van der Waals surface area contributed by atoms with Gasteiger partial charge in [-0.2, -0.15) is 4.98 Å². The second-order valence-corrected chi connectivity index (χ2v) is 3.44. The summed E-state index contributed by atoms with van der Waals surface area (Å²) in [5, 5.41) is 23.5. The molecule has 0 amide bonds. The molecular formula is C10H9N3O4. The highest BCUT2D eigenvalue weighted by Crippen LogP contribution is 2.22. The molecule has 0 saturated heterocycles. The van der Waals surface area contributed by atoms with Crippen molar-refractivity contribution in [2.45, 2.75) is 13.0 Å². The van der Waals surface area contributed by atoms with Crippen molar-refractivity contribution < 1.29 is 14.6 Å². The zero-order valence-electron chi connectivity index (χ0n) is 8.90. The number of aliphatic hydroxyl groups excluding tert-OH is 1. The summed E-state index contributed by atoms with van der Waals surface area (Å²) in [4.78, 5) is 14.0. The molecule has 88 valence electrons. The summed E-state index contributed by atoms with van der Waals surface area (Å²) in [6, 6.07) is 5.88. The number of nitro benzene ring substituents is 1. The Morgan fingerprint density at radius 2 is 2.29 bits per heavy atom. The first kappa shape index (κ1) is 11.2. The highest BCUT2D eigenvalue weighted by molar-refractivity contribution is 5.58. The van der Waals surface area contributed by atoms with E-state index in [2.05, 4.69) is 10.1 Å². The Balaban J connectivity index is 2.38. The van der Waals surface area contributed by atoms with Gasteiger partial charge in [0.1, 0.15) is 6.10 Å². The molecule has 0 radical (unpaired) electrons. The van der Waals surface area contributed by atoms with Gasteiger partial charge >= 0.3 is 0 Å². The van der Waals surface area contributed by atoms with Gasteiger partial charge in [-0.25, -0.2) is 0 Å². The summed E-state index contributed by atoms with van der Waals surface area (Å²) in [6.07, 6.45) is -0.866. The fraction of sp³-hybridized carbons (Fsp3) is 0.200. The Morgan fingerprint density at radius 3 is 2.88 bits per heavy atom. The van der Waals surface area contributed by atoms with Crippen molar-refractivity contribution in [2.75, 3.05) is 0 Å². The second-order valence-electron chi connectivity index (χ2n) is 3.44. The minimum absolute atomic E-state index is 0.0501. The zero-order chi connectivity index (χ0) is 12.4. The first-order chi connectivity index (χ1) is 8.08. The van der Waals surface area contributed by atoms with Gasteiger partial charge in [0.2, 0.25) is 5.82 Å². The molecule has 0 aliphatic carbocycles. The molecular weight excluding hydrogens is 226 g/mol. The number of non-ortho nitro benzene ring substituents is 1. The lowest BCUT2D eigenvalue weighted by Crippen LogP contribution is -1.91. The lowest BCUT2D eigenvalue weighted by atomic mass is 10.2. The molecule has 0 aliphatic heterocycles. The lowest BCUT2D eigenvalue weighted by molar-refractivity contribution is -0.384. The van der Waals surface area contributed by atoms with Gasteiger partial charge in [0, 0.05) is 17.7 Å². The number of hydrogen-bond acceptors (Lipinski definition) is 6. The van der Waals surface area contributed by atoms with Crippen LogP contribution in [0.2, 0.25) is 0 Å². The van der Waals surface area contributed by atoms with Crippen LogP contribution in [0.25, 0.3) is 11.4 Å². The fourth-order valence-electron chi connectivity index (χ4n) is 1.28. The number of hydrogen-bond donors (Lipinski definition) is 1. The summed E-state index contributed by atoms with van der Waals surface area (Å²) in [7, 11) is 0. The normalized spacial score (nSPS) is 12.4. The van der Waals surface area contributed by atoms with E-state index >= 15 is 0 Å². The Hall–Kier alpha value is -2.28. The van der Waals surface area contributed by atoms with Gasteiger partial charge < -0.3 is 9.63 Å². The standard InChI is InChI=1S/C10H9N3O4/c1-6(14)10-11-9(12-17-10)7-3-2-4-8(5-7)13(15)16/h2-6,14H,1H3/t6-/m1/s1. The quantitative estimate of drug-likeness (QED) is 0.641. The molecule has 7 heteroatoms. The maximum Gasteiger partial charge on any atom is 0.270 e. The van der Waals surface area contributed by atoms with Gasteiger partial charge in [-0.1, -0.05) is 17.3 Å². The molecule has 0 bridgehead atoms. The molecule has 17 heavy (non-hydrogen) atoms. The predicted molar refractivity (Wildman–Crippen MR) is 57.0 cm³/mol. The summed E-state index contributed by atoms with van der Waals surface area (Å²) < 4.78 is 4.80. The van der Waals surface area contributed by atoms with Gasteiger partial charge in [0.15, 0.2) is 0 Å². The van der Waals surface area contributed by atoms with Crippen LogP contribution in [-0.2, 0) is 0 Å². The van der Waals surface area contributed by atoms with Gasteiger partial charge in [-0.3, -0.25) is 10.1 Å². The van der Waals surface area contributed by atoms with Crippen LogP contribution in [0.4, 0.5) is 5.69 Å². The van der Waals surface area contributed by atoms with E-state index in [-0.39, 0.29) is 17.4 Å². The predicted octanol–water partition coefficient (Wildman–Crippen LogP) is 1.70. The highest BCUT2D eigenvalue weighted by Gasteiger charge is 2.14. The zero-order valence-corrected chi connectivity index (χ0v) is 8.90. The molecule has 1 N–H and O–H groups in total. The van der Waals surface area contributed by atoms with Crippen LogP contribution in [0.5, 0.6) is 0 Å². The van der Waals surface area contributed by atoms with Crippen molar-refractivity contribution in [2.24, 2.45) is 0 Å². The molecule has 0 fully saturated rings. The SMILES string of the molecule is C[C@@H](O)c1nc(-c2cccc([N+](=O)[O-])c2)no1. The molecule has 7 nitrogen and oxygen atoms in total. The minimum Gasteiger partial charge on any atom is -0.384 e. The number of benzene rings is 1. The molecule has 0 unspecified atom stereocenters. The molecule has 0 aliphatic rings. The van der Waals surface area contributed by atoms with Crippen LogP contribution >= 0.6 is 0 Å². The maximum absolute atomic E-state index is 10.6. The first-order valence-electron chi connectivity index (χ1n) is 4.84. The molecule has 2 rings (SSSR count). The van der Waals surface area contributed by atoms with Gasteiger partial charge in [-0.15, -0.1) is 0 Å². The maximum atomic E-state index is 10.6. The average molecular weight is 235 g/mol. The Morgan fingerprint density at radius 1 is 1.53 bits per heavy atom. The van der Waals surface area contributed by atoms with E-state index in [9.17, 15) is 15.2 Å². The Labute approximate surface area is 95.9 Å². The summed E-state index contributed by atoms with van der Waals surface area (Å²) in [5.41, 5.74) is 0.417. The Bertz CT molecular complexity index is 550.